The van der Waals surface area contributed by atoms with E-state index in [1.807, 2.05) is 6.92 Å². The molecule has 1 atom stereocenters. The molecule has 0 amide bonds. The molecule has 16 heavy (non-hydrogen) atoms. The Labute approximate surface area is 93.0 Å². The Morgan fingerprint density at radius 1 is 1.38 bits per heavy atom. The van der Waals surface area contributed by atoms with Gasteiger partial charge in [0.25, 0.3) is 0 Å². The van der Waals surface area contributed by atoms with Gasteiger partial charge >= 0.3 is 0 Å². The van der Waals surface area contributed by atoms with E-state index >= 15 is 0 Å². The van der Waals surface area contributed by atoms with Gasteiger partial charge < -0.3 is 10.8 Å². The highest BCUT2D eigenvalue weighted by Gasteiger charge is 2.15. The summed E-state index contributed by atoms with van der Waals surface area (Å²) in [7, 11) is 0. The van der Waals surface area contributed by atoms with Crippen molar-refractivity contribution in [1.29, 1.82) is 0 Å². The maximum absolute atomic E-state index is 10.1. The van der Waals surface area contributed by atoms with Crippen molar-refractivity contribution in [3.63, 3.8) is 0 Å². The third-order valence-corrected chi connectivity index (χ3v) is 2.27. The Hall–Kier alpha value is -2.01. The van der Waals surface area contributed by atoms with Crippen molar-refractivity contribution in [3.8, 4) is 0 Å². The summed E-state index contributed by atoms with van der Waals surface area (Å²) in [6, 6.07) is 3.45. The number of rotatable bonds is 2. The number of nitrogen functional groups attached to an aromatic ring is 1. The zero-order chi connectivity index (χ0) is 11.5. The zero-order valence-electron chi connectivity index (χ0n) is 8.83. The standard InChI is InChI=1S/C11H12N4O/c1-7-4-8(11(12)14-5-7)10(16)9-2-3-13-6-15-9/h2-6,10,16H,1H3,(H2,12,14). The topological polar surface area (TPSA) is 84.9 Å². The SMILES string of the molecule is Cc1cnc(N)c(C(O)c2ccncn2)c1. The molecular formula is C11H12N4O. The summed E-state index contributed by atoms with van der Waals surface area (Å²) >= 11 is 0. The second kappa shape index (κ2) is 4.24. The smallest absolute Gasteiger partial charge is 0.129 e. The first-order valence-corrected chi connectivity index (χ1v) is 4.84. The van der Waals surface area contributed by atoms with Gasteiger partial charge in [-0.3, -0.25) is 0 Å². The van der Waals surface area contributed by atoms with Crippen LogP contribution >= 0.6 is 0 Å². The highest BCUT2D eigenvalue weighted by Crippen LogP contribution is 2.24. The minimum absolute atomic E-state index is 0.316. The van der Waals surface area contributed by atoms with Crippen molar-refractivity contribution in [2.75, 3.05) is 5.73 Å². The van der Waals surface area contributed by atoms with Crippen LogP contribution < -0.4 is 5.73 Å². The maximum Gasteiger partial charge on any atom is 0.129 e. The van der Waals surface area contributed by atoms with Gasteiger partial charge in [0.2, 0.25) is 0 Å². The highest BCUT2D eigenvalue weighted by atomic mass is 16.3. The molecule has 2 aromatic heterocycles. The molecule has 0 saturated heterocycles. The van der Waals surface area contributed by atoms with Crippen LogP contribution in [0.15, 0.2) is 30.9 Å². The average Bonchev–Trinajstić information content (AvgIpc) is 2.32. The van der Waals surface area contributed by atoms with Crippen molar-refractivity contribution < 1.29 is 5.11 Å². The first-order chi connectivity index (χ1) is 7.68. The summed E-state index contributed by atoms with van der Waals surface area (Å²) in [6.45, 7) is 1.89. The Kier molecular flexibility index (Phi) is 2.78. The van der Waals surface area contributed by atoms with E-state index < -0.39 is 6.10 Å². The molecule has 5 nitrogen and oxygen atoms in total. The lowest BCUT2D eigenvalue weighted by molar-refractivity contribution is 0.215. The van der Waals surface area contributed by atoms with Crippen LogP contribution in [0.3, 0.4) is 0 Å². The molecule has 82 valence electrons. The molecule has 0 saturated carbocycles. The fourth-order valence-electron chi connectivity index (χ4n) is 1.44. The Bertz CT molecular complexity index is 487. The first-order valence-electron chi connectivity index (χ1n) is 4.84. The number of aliphatic hydroxyl groups excluding tert-OH is 1. The minimum atomic E-state index is -0.865. The third kappa shape index (κ3) is 1.99. The van der Waals surface area contributed by atoms with Crippen molar-refractivity contribution >= 4 is 5.82 Å². The average molecular weight is 216 g/mol. The van der Waals surface area contributed by atoms with Crippen LogP contribution in [0.2, 0.25) is 0 Å². The van der Waals surface area contributed by atoms with Crippen molar-refractivity contribution in [3.05, 3.63) is 47.7 Å². The molecule has 2 heterocycles. The molecule has 0 bridgehead atoms. The van der Waals surface area contributed by atoms with E-state index in [0.717, 1.165) is 5.56 Å². The van der Waals surface area contributed by atoms with Gasteiger partial charge in [-0.25, -0.2) is 15.0 Å². The lowest BCUT2D eigenvalue weighted by Gasteiger charge is -2.12. The monoisotopic (exact) mass is 216 g/mol. The van der Waals surface area contributed by atoms with Crippen LogP contribution in [-0.2, 0) is 0 Å². The number of hydrogen-bond acceptors (Lipinski definition) is 5. The second-order valence-electron chi connectivity index (χ2n) is 3.52. The number of aliphatic hydroxyl groups is 1. The van der Waals surface area contributed by atoms with Crippen LogP contribution in [0.5, 0.6) is 0 Å². The van der Waals surface area contributed by atoms with Gasteiger partial charge in [-0.05, 0) is 24.6 Å². The van der Waals surface area contributed by atoms with Gasteiger partial charge in [0.05, 0.1) is 5.69 Å². The van der Waals surface area contributed by atoms with Crippen LogP contribution in [0.4, 0.5) is 5.82 Å². The number of aromatic nitrogens is 3. The van der Waals surface area contributed by atoms with Gasteiger partial charge in [-0.2, -0.15) is 0 Å². The molecule has 0 fully saturated rings. The second-order valence-corrected chi connectivity index (χ2v) is 3.52. The molecule has 0 aliphatic carbocycles. The summed E-state index contributed by atoms with van der Waals surface area (Å²) in [5, 5.41) is 10.1. The third-order valence-electron chi connectivity index (χ3n) is 2.27. The predicted molar refractivity (Wildman–Crippen MR) is 59.5 cm³/mol. The Morgan fingerprint density at radius 3 is 2.88 bits per heavy atom. The van der Waals surface area contributed by atoms with E-state index in [1.165, 1.54) is 6.33 Å². The quantitative estimate of drug-likeness (QED) is 0.777. The summed E-state index contributed by atoms with van der Waals surface area (Å²) < 4.78 is 0. The van der Waals surface area contributed by atoms with Gasteiger partial charge in [-0.15, -0.1) is 0 Å². The molecule has 3 N–H and O–H groups in total. The van der Waals surface area contributed by atoms with E-state index in [0.29, 0.717) is 17.1 Å². The number of hydrogen-bond donors (Lipinski definition) is 2. The summed E-state index contributed by atoms with van der Waals surface area (Å²) in [6.07, 6.45) is 3.75. The van der Waals surface area contributed by atoms with Crippen molar-refractivity contribution in [2.45, 2.75) is 13.0 Å². The first kappa shape index (κ1) is 10.5. The molecule has 2 rings (SSSR count). The zero-order valence-corrected chi connectivity index (χ0v) is 8.83. The fraction of sp³-hybridized carbons (Fsp3) is 0.182. The predicted octanol–water partition coefficient (Wildman–Crippen LogP) is 0.844. The molecule has 5 heteroatoms. The number of nitrogens with two attached hydrogens (primary N) is 1. The normalized spacial score (nSPS) is 12.4. The summed E-state index contributed by atoms with van der Waals surface area (Å²) in [4.78, 5) is 11.8. The molecule has 1 unspecified atom stereocenters. The van der Waals surface area contributed by atoms with E-state index in [1.54, 1.807) is 24.5 Å². The van der Waals surface area contributed by atoms with E-state index in [4.69, 9.17) is 5.73 Å². The summed E-state index contributed by atoms with van der Waals surface area (Å²) in [5.74, 6) is 0.316. The van der Waals surface area contributed by atoms with Gasteiger partial charge in [0.1, 0.15) is 18.2 Å². The van der Waals surface area contributed by atoms with Gasteiger partial charge in [0, 0.05) is 18.0 Å². The molecule has 0 spiro atoms. The maximum atomic E-state index is 10.1. The molecule has 0 aliphatic rings. The van der Waals surface area contributed by atoms with Crippen LogP contribution in [-0.4, -0.2) is 20.1 Å². The Morgan fingerprint density at radius 2 is 2.19 bits per heavy atom. The van der Waals surface area contributed by atoms with Crippen LogP contribution in [0.25, 0.3) is 0 Å². The lowest BCUT2D eigenvalue weighted by atomic mass is 10.1. The van der Waals surface area contributed by atoms with Gasteiger partial charge in [-0.1, -0.05) is 0 Å². The van der Waals surface area contributed by atoms with Crippen LogP contribution in [0, 0.1) is 6.92 Å². The van der Waals surface area contributed by atoms with Crippen molar-refractivity contribution in [2.24, 2.45) is 0 Å². The van der Waals surface area contributed by atoms with E-state index in [2.05, 4.69) is 15.0 Å². The largest absolute Gasteiger partial charge is 0.383 e. The number of anilines is 1. The number of aryl methyl sites for hydroxylation is 1. The van der Waals surface area contributed by atoms with Crippen LogP contribution in [0.1, 0.15) is 22.9 Å². The van der Waals surface area contributed by atoms with E-state index in [9.17, 15) is 5.11 Å². The minimum Gasteiger partial charge on any atom is -0.383 e. The lowest BCUT2D eigenvalue weighted by Crippen LogP contribution is -2.07. The molecular weight excluding hydrogens is 204 g/mol. The number of pyridine rings is 1. The summed E-state index contributed by atoms with van der Waals surface area (Å²) in [5.41, 5.74) is 7.73. The molecule has 0 aliphatic heterocycles. The van der Waals surface area contributed by atoms with Crippen molar-refractivity contribution in [1.82, 2.24) is 15.0 Å². The van der Waals surface area contributed by atoms with Gasteiger partial charge in [0.15, 0.2) is 0 Å². The molecule has 2 aromatic rings. The molecule has 0 radical (unpaired) electrons. The Balaban J connectivity index is 2.41. The fourth-order valence-corrected chi connectivity index (χ4v) is 1.44. The highest BCUT2D eigenvalue weighted by molar-refractivity contribution is 5.44. The van der Waals surface area contributed by atoms with E-state index in [-0.39, 0.29) is 0 Å². The number of nitrogens with zero attached hydrogens (tertiary/aromatic N) is 3. The molecule has 0 aromatic carbocycles.